The van der Waals surface area contributed by atoms with Gasteiger partial charge in [-0.15, -0.1) is 0 Å². The molecule has 1 aromatic carbocycles. The Hall–Kier alpha value is -2.08. The third-order valence-electron chi connectivity index (χ3n) is 3.44. The fourth-order valence-corrected chi connectivity index (χ4v) is 2.36. The van der Waals surface area contributed by atoms with Crippen LogP contribution in [0.1, 0.15) is 5.69 Å². The molecule has 2 aromatic rings. The monoisotopic (exact) mass is 277 g/mol. The number of rotatable bonds is 3. The highest BCUT2D eigenvalue weighted by molar-refractivity contribution is 5.49. The quantitative estimate of drug-likeness (QED) is 0.924. The zero-order chi connectivity index (χ0) is 13.9. The molecule has 0 spiro atoms. The normalized spacial score (nSPS) is 15.7. The van der Waals surface area contributed by atoms with E-state index in [1.807, 2.05) is 15.9 Å². The molecule has 5 nitrogen and oxygen atoms in total. The van der Waals surface area contributed by atoms with Crippen LogP contribution in [0.3, 0.4) is 0 Å². The standard InChI is InChI=1S/C14H16FN3O2/c15-12-3-1-2-4-13(12)17-5-7-18(8-6-17)14-16-11(9-19)10-20-14/h1-4,10,19H,5-9H2. The Kier molecular flexibility index (Phi) is 3.56. The van der Waals surface area contributed by atoms with E-state index in [9.17, 15) is 4.39 Å². The first-order chi connectivity index (χ1) is 9.78. The molecule has 1 N–H and O–H groups in total. The third kappa shape index (κ3) is 2.46. The summed E-state index contributed by atoms with van der Waals surface area (Å²) in [6.45, 7) is 2.70. The van der Waals surface area contributed by atoms with Crippen molar-refractivity contribution in [3.8, 4) is 0 Å². The van der Waals surface area contributed by atoms with Crippen molar-refractivity contribution in [2.75, 3.05) is 36.0 Å². The van der Waals surface area contributed by atoms with Crippen LogP contribution < -0.4 is 9.80 Å². The first-order valence-corrected chi connectivity index (χ1v) is 6.57. The van der Waals surface area contributed by atoms with Gasteiger partial charge in [0.1, 0.15) is 17.8 Å². The topological polar surface area (TPSA) is 52.7 Å². The number of aromatic nitrogens is 1. The number of piperazine rings is 1. The van der Waals surface area contributed by atoms with Gasteiger partial charge in [0.25, 0.3) is 6.01 Å². The van der Waals surface area contributed by atoms with Crippen molar-refractivity contribution in [1.82, 2.24) is 4.98 Å². The average Bonchev–Trinajstić information content (AvgIpc) is 2.97. The Balaban J connectivity index is 1.66. The predicted octanol–water partition coefficient (Wildman–Crippen LogP) is 1.63. The minimum atomic E-state index is -0.195. The fourth-order valence-electron chi connectivity index (χ4n) is 2.36. The van der Waals surface area contributed by atoms with Crippen LogP contribution in [0.5, 0.6) is 0 Å². The summed E-state index contributed by atoms with van der Waals surface area (Å²) in [5.74, 6) is -0.195. The molecule has 3 rings (SSSR count). The summed E-state index contributed by atoms with van der Waals surface area (Å²) in [4.78, 5) is 8.20. The van der Waals surface area contributed by atoms with Gasteiger partial charge in [-0.2, -0.15) is 4.98 Å². The van der Waals surface area contributed by atoms with Gasteiger partial charge in [0.2, 0.25) is 0 Å². The molecule has 2 heterocycles. The number of oxazole rings is 1. The molecular weight excluding hydrogens is 261 g/mol. The van der Waals surface area contributed by atoms with Crippen molar-refractivity contribution in [2.24, 2.45) is 0 Å². The van der Waals surface area contributed by atoms with Gasteiger partial charge >= 0.3 is 0 Å². The minimum Gasteiger partial charge on any atom is -0.432 e. The van der Waals surface area contributed by atoms with Crippen LogP contribution in [0.2, 0.25) is 0 Å². The molecule has 1 aliphatic heterocycles. The summed E-state index contributed by atoms with van der Waals surface area (Å²) in [5, 5.41) is 8.98. The molecule has 1 aliphatic rings. The van der Waals surface area contributed by atoms with Gasteiger partial charge in [-0.05, 0) is 12.1 Å². The highest BCUT2D eigenvalue weighted by atomic mass is 19.1. The summed E-state index contributed by atoms with van der Waals surface area (Å²) < 4.78 is 19.1. The Morgan fingerprint density at radius 2 is 1.85 bits per heavy atom. The van der Waals surface area contributed by atoms with E-state index < -0.39 is 0 Å². The van der Waals surface area contributed by atoms with Gasteiger partial charge in [-0.1, -0.05) is 12.1 Å². The Bertz CT molecular complexity index is 579. The molecule has 0 unspecified atom stereocenters. The number of benzene rings is 1. The molecule has 0 atom stereocenters. The molecular formula is C14H16FN3O2. The van der Waals surface area contributed by atoms with Crippen molar-refractivity contribution >= 4 is 11.7 Å². The first kappa shape index (κ1) is 12.9. The van der Waals surface area contributed by atoms with Crippen LogP contribution in [0.4, 0.5) is 16.1 Å². The second kappa shape index (κ2) is 5.50. The van der Waals surface area contributed by atoms with E-state index in [1.165, 1.54) is 12.3 Å². The molecule has 0 aliphatic carbocycles. The van der Waals surface area contributed by atoms with Crippen LogP contribution in [0.25, 0.3) is 0 Å². The van der Waals surface area contributed by atoms with Gasteiger partial charge < -0.3 is 19.3 Å². The molecule has 0 radical (unpaired) electrons. The second-order valence-electron chi connectivity index (χ2n) is 4.71. The van der Waals surface area contributed by atoms with Crippen LogP contribution in [-0.2, 0) is 6.61 Å². The lowest BCUT2D eigenvalue weighted by molar-refractivity contribution is 0.276. The average molecular weight is 277 g/mol. The molecule has 1 saturated heterocycles. The van der Waals surface area contributed by atoms with Crippen molar-refractivity contribution in [3.63, 3.8) is 0 Å². The third-order valence-corrected chi connectivity index (χ3v) is 3.44. The molecule has 0 amide bonds. The van der Waals surface area contributed by atoms with Gasteiger partial charge in [-0.3, -0.25) is 0 Å². The molecule has 0 bridgehead atoms. The Morgan fingerprint density at radius 3 is 2.50 bits per heavy atom. The number of aliphatic hydroxyl groups excluding tert-OH is 1. The maximum absolute atomic E-state index is 13.7. The fraction of sp³-hybridized carbons (Fsp3) is 0.357. The van der Waals surface area contributed by atoms with E-state index in [2.05, 4.69) is 4.98 Å². The SMILES string of the molecule is OCc1coc(N2CCN(c3ccccc3F)CC2)n1. The highest BCUT2D eigenvalue weighted by Gasteiger charge is 2.22. The first-order valence-electron chi connectivity index (χ1n) is 6.57. The van der Waals surface area contributed by atoms with Crippen LogP contribution in [-0.4, -0.2) is 36.3 Å². The number of para-hydroxylation sites is 1. The maximum Gasteiger partial charge on any atom is 0.297 e. The summed E-state index contributed by atoms with van der Waals surface area (Å²) >= 11 is 0. The molecule has 1 fully saturated rings. The number of hydrogen-bond donors (Lipinski definition) is 1. The van der Waals surface area contributed by atoms with Crippen LogP contribution in [0, 0.1) is 5.82 Å². The summed E-state index contributed by atoms with van der Waals surface area (Å²) in [6, 6.07) is 7.32. The van der Waals surface area contributed by atoms with Crippen molar-refractivity contribution in [2.45, 2.75) is 6.61 Å². The zero-order valence-corrected chi connectivity index (χ0v) is 11.0. The zero-order valence-electron chi connectivity index (χ0n) is 11.0. The lowest BCUT2D eigenvalue weighted by Crippen LogP contribution is -2.47. The molecule has 6 heteroatoms. The maximum atomic E-state index is 13.7. The van der Waals surface area contributed by atoms with Crippen molar-refractivity contribution in [3.05, 3.63) is 42.0 Å². The van der Waals surface area contributed by atoms with Crippen LogP contribution >= 0.6 is 0 Å². The van der Waals surface area contributed by atoms with E-state index in [1.54, 1.807) is 12.1 Å². The molecule has 1 aromatic heterocycles. The smallest absolute Gasteiger partial charge is 0.297 e. The van der Waals surface area contributed by atoms with Gasteiger partial charge in [0.15, 0.2) is 0 Å². The number of aliphatic hydroxyl groups is 1. The summed E-state index contributed by atoms with van der Waals surface area (Å²) in [5.41, 5.74) is 1.16. The number of anilines is 2. The Labute approximate surface area is 116 Å². The van der Waals surface area contributed by atoms with E-state index in [-0.39, 0.29) is 12.4 Å². The van der Waals surface area contributed by atoms with Crippen molar-refractivity contribution < 1.29 is 13.9 Å². The van der Waals surface area contributed by atoms with Gasteiger partial charge in [-0.25, -0.2) is 4.39 Å². The Morgan fingerprint density at radius 1 is 1.15 bits per heavy atom. The van der Waals surface area contributed by atoms with E-state index in [4.69, 9.17) is 9.52 Å². The van der Waals surface area contributed by atoms with Crippen LogP contribution in [0.15, 0.2) is 34.9 Å². The lowest BCUT2D eigenvalue weighted by Gasteiger charge is -2.35. The molecule has 106 valence electrons. The van der Waals surface area contributed by atoms with Crippen molar-refractivity contribution in [1.29, 1.82) is 0 Å². The molecule has 0 saturated carbocycles. The van der Waals surface area contributed by atoms with Gasteiger partial charge in [0, 0.05) is 26.2 Å². The van der Waals surface area contributed by atoms with E-state index in [0.29, 0.717) is 43.6 Å². The predicted molar refractivity (Wildman–Crippen MR) is 73.3 cm³/mol. The molecule has 20 heavy (non-hydrogen) atoms. The summed E-state index contributed by atoms with van der Waals surface area (Å²) in [7, 11) is 0. The number of halogens is 1. The van der Waals surface area contributed by atoms with Gasteiger partial charge in [0.05, 0.1) is 12.3 Å². The number of hydrogen-bond acceptors (Lipinski definition) is 5. The van der Waals surface area contributed by atoms with E-state index in [0.717, 1.165) is 0 Å². The van der Waals surface area contributed by atoms with E-state index >= 15 is 0 Å². The lowest BCUT2D eigenvalue weighted by atomic mass is 10.2. The highest BCUT2D eigenvalue weighted by Crippen LogP contribution is 2.22. The summed E-state index contributed by atoms with van der Waals surface area (Å²) in [6.07, 6.45) is 1.46. The minimum absolute atomic E-state index is 0.126. The number of nitrogens with zero attached hydrogens (tertiary/aromatic N) is 3. The second-order valence-corrected chi connectivity index (χ2v) is 4.71. The largest absolute Gasteiger partial charge is 0.432 e.